The molecule has 2 heterocycles. The number of aryl methyl sites for hydroxylation is 1. The van der Waals surface area contributed by atoms with E-state index in [9.17, 15) is 4.79 Å². The van der Waals surface area contributed by atoms with Gasteiger partial charge in [0, 0.05) is 12.0 Å². The van der Waals surface area contributed by atoms with Crippen LogP contribution in [0, 0.1) is 6.92 Å². The first-order chi connectivity index (χ1) is 9.72. The second kappa shape index (κ2) is 5.20. The number of carbonyl (C=O) groups is 1. The molecule has 2 aromatic rings. The van der Waals surface area contributed by atoms with Crippen molar-refractivity contribution in [3.05, 3.63) is 29.6 Å². The predicted octanol–water partition coefficient (Wildman–Crippen LogP) is 1.53. The molecule has 104 valence electrons. The monoisotopic (exact) mass is 274 g/mol. The van der Waals surface area contributed by atoms with Gasteiger partial charge in [-0.05, 0) is 25.1 Å². The van der Waals surface area contributed by atoms with Crippen LogP contribution < -0.4 is 14.8 Å². The predicted molar refractivity (Wildman–Crippen MR) is 71.1 cm³/mol. The maximum Gasteiger partial charge on any atom is 0.258 e. The number of nitrogens with one attached hydrogen (secondary N) is 2. The van der Waals surface area contributed by atoms with Gasteiger partial charge in [-0.1, -0.05) is 0 Å². The Kier molecular flexibility index (Phi) is 3.24. The zero-order valence-corrected chi connectivity index (χ0v) is 11.0. The van der Waals surface area contributed by atoms with Crippen LogP contribution in [0.4, 0.5) is 5.95 Å². The number of ether oxygens (including phenoxy) is 2. The molecule has 0 saturated carbocycles. The minimum Gasteiger partial charge on any atom is -0.490 e. The lowest BCUT2D eigenvalue weighted by atomic mass is 10.2. The molecule has 0 radical (unpaired) electrons. The first kappa shape index (κ1) is 12.5. The Labute approximate surface area is 115 Å². The normalized spacial score (nSPS) is 13.7. The number of rotatable bonds is 2. The van der Waals surface area contributed by atoms with Crippen molar-refractivity contribution in [2.24, 2.45) is 0 Å². The highest BCUT2D eigenvalue weighted by molar-refractivity contribution is 6.03. The van der Waals surface area contributed by atoms with Crippen LogP contribution in [0.1, 0.15) is 22.6 Å². The smallest absolute Gasteiger partial charge is 0.258 e. The van der Waals surface area contributed by atoms with Gasteiger partial charge in [0.15, 0.2) is 11.5 Å². The molecule has 1 aliphatic rings. The molecule has 1 aromatic heterocycles. The van der Waals surface area contributed by atoms with Gasteiger partial charge >= 0.3 is 0 Å². The van der Waals surface area contributed by atoms with Crippen LogP contribution in [-0.2, 0) is 0 Å². The molecule has 0 aliphatic carbocycles. The summed E-state index contributed by atoms with van der Waals surface area (Å²) in [6, 6.07) is 5.08. The van der Waals surface area contributed by atoms with Crippen LogP contribution in [0.25, 0.3) is 0 Å². The van der Waals surface area contributed by atoms with Gasteiger partial charge in [-0.3, -0.25) is 15.2 Å². The number of hydrogen-bond donors (Lipinski definition) is 2. The van der Waals surface area contributed by atoms with Crippen molar-refractivity contribution in [3.8, 4) is 11.5 Å². The number of anilines is 1. The van der Waals surface area contributed by atoms with E-state index < -0.39 is 0 Å². The third kappa shape index (κ3) is 2.56. The molecule has 7 nitrogen and oxygen atoms in total. The second-order valence-corrected chi connectivity index (χ2v) is 4.41. The standard InChI is InChI=1S/C13H14N4O3/c1-8-14-13(17-16-8)15-12(18)9-3-4-10-11(7-9)20-6-2-5-19-10/h3-4,7H,2,5-6H2,1H3,(H2,14,15,16,17,18). The Morgan fingerprint density at radius 1 is 1.30 bits per heavy atom. The zero-order chi connectivity index (χ0) is 13.9. The summed E-state index contributed by atoms with van der Waals surface area (Å²) in [5.41, 5.74) is 0.469. The molecule has 0 unspecified atom stereocenters. The van der Waals surface area contributed by atoms with Gasteiger partial charge in [0.1, 0.15) is 5.82 Å². The van der Waals surface area contributed by atoms with E-state index in [0.717, 1.165) is 6.42 Å². The average molecular weight is 274 g/mol. The molecule has 0 saturated heterocycles. The number of aromatic amines is 1. The summed E-state index contributed by atoms with van der Waals surface area (Å²) >= 11 is 0. The highest BCUT2D eigenvalue weighted by Gasteiger charge is 2.15. The number of carbonyl (C=O) groups excluding carboxylic acids is 1. The Bertz CT molecular complexity index is 638. The minimum absolute atomic E-state index is 0.250. The molecular weight excluding hydrogens is 260 g/mol. The Balaban J connectivity index is 1.79. The lowest BCUT2D eigenvalue weighted by Gasteiger charge is -2.08. The Morgan fingerprint density at radius 3 is 2.85 bits per heavy atom. The van der Waals surface area contributed by atoms with Gasteiger partial charge in [0.05, 0.1) is 13.2 Å². The Hall–Kier alpha value is -2.57. The number of aromatic nitrogens is 3. The van der Waals surface area contributed by atoms with E-state index in [1.165, 1.54) is 0 Å². The lowest BCUT2D eigenvalue weighted by molar-refractivity contribution is 0.102. The van der Waals surface area contributed by atoms with Crippen molar-refractivity contribution >= 4 is 11.9 Å². The van der Waals surface area contributed by atoms with Crippen molar-refractivity contribution in [1.82, 2.24) is 15.2 Å². The number of benzene rings is 1. The van der Waals surface area contributed by atoms with Gasteiger partial charge in [-0.25, -0.2) is 0 Å². The van der Waals surface area contributed by atoms with Crippen LogP contribution in [-0.4, -0.2) is 34.3 Å². The topological polar surface area (TPSA) is 89.1 Å². The maximum absolute atomic E-state index is 12.1. The molecule has 1 amide bonds. The van der Waals surface area contributed by atoms with Crippen LogP contribution >= 0.6 is 0 Å². The summed E-state index contributed by atoms with van der Waals surface area (Å²) in [6.45, 7) is 2.96. The fourth-order valence-corrected chi connectivity index (χ4v) is 1.88. The molecular formula is C13H14N4O3. The summed E-state index contributed by atoms with van der Waals surface area (Å²) in [6.07, 6.45) is 0.826. The quantitative estimate of drug-likeness (QED) is 0.866. The van der Waals surface area contributed by atoms with Crippen LogP contribution in [0.2, 0.25) is 0 Å². The molecule has 7 heteroatoms. The van der Waals surface area contributed by atoms with E-state index in [0.29, 0.717) is 36.1 Å². The zero-order valence-electron chi connectivity index (χ0n) is 11.0. The van der Waals surface area contributed by atoms with Crippen LogP contribution in [0.5, 0.6) is 11.5 Å². The maximum atomic E-state index is 12.1. The first-order valence-corrected chi connectivity index (χ1v) is 6.32. The molecule has 20 heavy (non-hydrogen) atoms. The second-order valence-electron chi connectivity index (χ2n) is 4.41. The first-order valence-electron chi connectivity index (χ1n) is 6.32. The Morgan fingerprint density at radius 2 is 2.10 bits per heavy atom. The molecule has 1 aliphatic heterocycles. The number of nitrogens with zero attached hydrogens (tertiary/aromatic N) is 2. The summed E-state index contributed by atoms with van der Waals surface area (Å²) < 4.78 is 11.1. The highest BCUT2D eigenvalue weighted by atomic mass is 16.5. The largest absolute Gasteiger partial charge is 0.490 e. The van der Waals surface area contributed by atoms with Crippen molar-refractivity contribution in [3.63, 3.8) is 0 Å². The van der Waals surface area contributed by atoms with E-state index in [4.69, 9.17) is 9.47 Å². The van der Waals surface area contributed by atoms with Crippen LogP contribution in [0.15, 0.2) is 18.2 Å². The summed E-state index contributed by atoms with van der Waals surface area (Å²) in [5, 5.41) is 9.14. The van der Waals surface area contributed by atoms with Gasteiger partial charge in [-0.2, -0.15) is 4.98 Å². The lowest BCUT2D eigenvalue weighted by Crippen LogP contribution is -2.13. The van der Waals surface area contributed by atoms with E-state index in [1.807, 2.05) is 0 Å². The van der Waals surface area contributed by atoms with Gasteiger partial charge < -0.3 is 9.47 Å². The van der Waals surface area contributed by atoms with Gasteiger partial charge in [0.2, 0.25) is 5.95 Å². The average Bonchev–Trinajstić information content (AvgIpc) is 2.72. The number of hydrogen-bond acceptors (Lipinski definition) is 5. The van der Waals surface area contributed by atoms with E-state index in [2.05, 4.69) is 20.5 Å². The SMILES string of the molecule is Cc1nc(NC(=O)c2ccc3c(c2)OCCCO3)n[nH]1. The minimum atomic E-state index is -0.292. The van der Waals surface area contributed by atoms with Crippen molar-refractivity contribution in [2.75, 3.05) is 18.5 Å². The fraction of sp³-hybridized carbons (Fsp3) is 0.308. The van der Waals surface area contributed by atoms with Crippen molar-refractivity contribution in [1.29, 1.82) is 0 Å². The molecule has 2 N–H and O–H groups in total. The van der Waals surface area contributed by atoms with Crippen molar-refractivity contribution in [2.45, 2.75) is 13.3 Å². The molecule has 0 bridgehead atoms. The third-order valence-electron chi connectivity index (χ3n) is 2.83. The number of fused-ring (bicyclic) bond motifs is 1. The summed E-state index contributed by atoms with van der Waals surface area (Å²) in [5.74, 6) is 1.84. The highest BCUT2D eigenvalue weighted by Crippen LogP contribution is 2.30. The van der Waals surface area contributed by atoms with Crippen molar-refractivity contribution < 1.29 is 14.3 Å². The van der Waals surface area contributed by atoms with Gasteiger partial charge in [-0.15, -0.1) is 5.10 Å². The molecule has 0 atom stereocenters. The molecule has 1 aromatic carbocycles. The molecule has 0 fully saturated rings. The molecule has 0 spiro atoms. The summed E-state index contributed by atoms with van der Waals surface area (Å²) in [7, 11) is 0. The van der Waals surface area contributed by atoms with E-state index >= 15 is 0 Å². The molecule has 3 rings (SSSR count). The van der Waals surface area contributed by atoms with Crippen LogP contribution in [0.3, 0.4) is 0 Å². The summed E-state index contributed by atoms with van der Waals surface area (Å²) in [4.78, 5) is 16.1. The number of amides is 1. The van der Waals surface area contributed by atoms with Gasteiger partial charge in [0.25, 0.3) is 5.91 Å². The third-order valence-corrected chi connectivity index (χ3v) is 2.83. The van der Waals surface area contributed by atoms with E-state index in [1.54, 1.807) is 25.1 Å². The van der Waals surface area contributed by atoms with E-state index in [-0.39, 0.29) is 11.9 Å². The fourth-order valence-electron chi connectivity index (χ4n) is 1.88. The number of H-pyrrole nitrogens is 1.